The van der Waals surface area contributed by atoms with Crippen molar-refractivity contribution in [3.05, 3.63) is 53.1 Å². The molecule has 10 heteroatoms. The van der Waals surface area contributed by atoms with E-state index in [2.05, 4.69) is 5.32 Å². The summed E-state index contributed by atoms with van der Waals surface area (Å²) in [5, 5.41) is 2.70. The zero-order valence-corrected chi connectivity index (χ0v) is 16.2. The van der Waals surface area contributed by atoms with E-state index in [0.29, 0.717) is 11.3 Å². The predicted octanol–water partition coefficient (Wildman–Crippen LogP) is 1.71. The second-order valence-electron chi connectivity index (χ2n) is 5.65. The van der Waals surface area contributed by atoms with Crippen molar-refractivity contribution in [2.45, 2.75) is 4.90 Å². The first-order chi connectivity index (χ1) is 12.6. The molecule has 0 aliphatic carbocycles. The summed E-state index contributed by atoms with van der Waals surface area (Å²) in [5.74, 6) is -0.734. The minimum atomic E-state index is -3.66. The molecule has 2 aromatic rings. The van der Waals surface area contributed by atoms with E-state index in [1.165, 1.54) is 56.6 Å². The van der Waals surface area contributed by atoms with E-state index in [4.69, 9.17) is 22.1 Å². The highest BCUT2D eigenvalue weighted by atomic mass is 35.5. The summed E-state index contributed by atoms with van der Waals surface area (Å²) >= 11 is 6.03. The van der Waals surface area contributed by atoms with Crippen LogP contribution < -0.4 is 15.8 Å². The SMILES string of the molecule is CN(C)S(=O)(=O)c1ccc(Cl)c(NC(=O)COc2ccc(C(N)=O)cc2)c1. The van der Waals surface area contributed by atoms with Crippen LogP contribution in [0, 0.1) is 0 Å². The van der Waals surface area contributed by atoms with Crippen molar-refractivity contribution in [2.24, 2.45) is 5.73 Å². The Hall–Kier alpha value is -2.62. The summed E-state index contributed by atoms with van der Waals surface area (Å²) in [5.41, 5.74) is 5.61. The van der Waals surface area contributed by atoms with E-state index in [9.17, 15) is 18.0 Å². The van der Waals surface area contributed by atoms with Gasteiger partial charge in [-0.2, -0.15) is 0 Å². The van der Waals surface area contributed by atoms with Gasteiger partial charge in [0, 0.05) is 19.7 Å². The number of ether oxygens (including phenoxy) is 1. The number of carbonyl (C=O) groups is 2. The van der Waals surface area contributed by atoms with E-state index < -0.39 is 21.8 Å². The molecule has 0 fully saturated rings. The minimum absolute atomic E-state index is 0.00448. The Bertz CT molecular complexity index is 959. The number of rotatable bonds is 7. The molecule has 0 aliphatic rings. The van der Waals surface area contributed by atoms with Crippen LogP contribution in [0.25, 0.3) is 0 Å². The van der Waals surface area contributed by atoms with Crippen molar-refractivity contribution < 1.29 is 22.7 Å². The highest BCUT2D eigenvalue weighted by Crippen LogP contribution is 2.26. The normalized spacial score (nSPS) is 11.3. The Morgan fingerprint density at radius 2 is 1.78 bits per heavy atom. The number of hydrogen-bond acceptors (Lipinski definition) is 5. The Morgan fingerprint density at radius 1 is 1.15 bits per heavy atom. The van der Waals surface area contributed by atoms with Crippen LogP contribution in [0.5, 0.6) is 5.75 Å². The van der Waals surface area contributed by atoms with E-state index in [1.54, 1.807) is 0 Å². The highest BCUT2D eigenvalue weighted by Gasteiger charge is 2.19. The quantitative estimate of drug-likeness (QED) is 0.718. The number of primary amides is 1. The molecule has 0 saturated carbocycles. The van der Waals surface area contributed by atoms with E-state index >= 15 is 0 Å². The first-order valence-corrected chi connectivity index (χ1v) is 9.47. The summed E-state index contributed by atoms with van der Waals surface area (Å²) in [6.07, 6.45) is 0. The molecule has 2 aromatic carbocycles. The fourth-order valence-corrected chi connectivity index (χ4v) is 3.12. The van der Waals surface area contributed by atoms with Crippen molar-refractivity contribution in [2.75, 3.05) is 26.0 Å². The van der Waals surface area contributed by atoms with Gasteiger partial charge in [0.15, 0.2) is 6.61 Å². The van der Waals surface area contributed by atoms with Gasteiger partial charge >= 0.3 is 0 Å². The van der Waals surface area contributed by atoms with Gasteiger partial charge in [-0.05, 0) is 42.5 Å². The number of benzene rings is 2. The fraction of sp³-hybridized carbons (Fsp3) is 0.176. The van der Waals surface area contributed by atoms with Gasteiger partial charge in [0.25, 0.3) is 5.91 Å². The zero-order chi connectivity index (χ0) is 20.2. The molecule has 3 N–H and O–H groups in total. The molecule has 0 aliphatic heterocycles. The Labute approximate surface area is 161 Å². The molecule has 27 heavy (non-hydrogen) atoms. The van der Waals surface area contributed by atoms with Crippen LogP contribution in [0.1, 0.15) is 10.4 Å². The highest BCUT2D eigenvalue weighted by molar-refractivity contribution is 7.89. The van der Waals surface area contributed by atoms with Gasteiger partial charge in [0.05, 0.1) is 15.6 Å². The summed E-state index contributed by atoms with van der Waals surface area (Å²) < 4.78 is 30.7. The molecule has 2 rings (SSSR count). The lowest BCUT2D eigenvalue weighted by Gasteiger charge is -2.14. The molecule has 0 saturated heterocycles. The first-order valence-electron chi connectivity index (χ1n) is 7.66. The van der Waals surface area contributed by atoms with E-state index in [-0.39, 0.29) is 22.2 Å². The second-order valence-corrected chi connectivity index (χ2v) is 8.21. The Kier molecular flexibility index (Phi) is 6.42. The average Bonchev–Trinajstić information content (AvgIpc) is 2.61. The van der Waals surface area contributed by atoms with Crippen molar-refractivity contribution in [3.63, 3.8) is 0 Å². The molecule has 0 atom stereocenters. The van der Waals surface area contributed by atoms with Gasteiger partial charge in [-0.1, -0.05) is 11.6 Å². The third-order valence-corrected chi connectivity index (χ3v) is 5.64. The molecule has 0 spiro atoms. The topological polar surface area (TPSA) is 119 Å². The largest absolute Gasteiger partial charge is 0.484 e. The van der Waals surface area contributed by atoms with Gasteiger partial charge < -0.3 is 15.8 Å². The molecular weight excluding hydrogens is 394 g/mol. The Morgan fingerprint density at radius 3 is 2.33 bits per heavy atom. The lowest BCUT2D eigenvalue weighted by molar-refractivity contribution is -0.118. The number of nitrogens with two attached hydrogens (primary N) is 1. The third-order valence-electron chi connectivity index (χ3n) is 3.50. The molecule has 2 amide bonds. The molecule has 0 heterocycles. The standard InChI is InChI=1S/C17H18ClN3O5S/c1-21(2)27(24,25)13-7-8-14(18)15(9-13)20-16(22)10-26-12-5-3-11(4-6-12)17(19)23/h3-9H,10H2,1-2H3,(H2,19,23)(H,20,22). The van der Waals surface area contributed by atoms with Gasteiger partial charge in [-0.15, -0.1) is 0 Å². The van der Waals surface area contributed by atoms with E-state index in [1.807, 2.05) is 0 Å². The summed E-state index contributed by atoms with van der Waals surface area (Å²) in [6, 6.07) is 9.97. The molecule has 0 bridgehead atoms. The van der Waals surface area contributed by atoms with Crippen LogP contribution in [-0.2, 0) is 14.8 Å². The van der Waals surface area contributed by atoms with Crippen LogP contribution in [0.3, 0.4) is 0 Å². The molecule has 8 nitrogen and oxygen atoms in total. The summed E-state index contributed by atoms with van der Waals surface area (Å²) in [7, 11) is -0.859. The summed E-state index contributed by atoms with van der Waals surface area (Å²) in [4.78, 5) is 23.1. The molecular formula is C17H18ClN3O5S. The van der Waals surface area contributed by atoms with Gasteiger partial charge in [-0.25, -0.2) is 12.7 Å². The number of nitrogens with zero attached hydrogens (tertiary/aromatic N) is 1. The number of nitrogens with one attached hydrogen (secondary N) is 1. The third kappa shape index (κ3) is 5.19. The van der Waals surface area contributed by atoms with Crippen molar-refractivity contribution in [3.8, 4) is 5.75 Å². The maximum absolute atomic E-state index is 12.2. The van der Waals surface area contributed by atoms with Crippen LogP contribution in [0.2, 0.25) is 5.02 Å². The number of anilines is 1. The molecule has 0 aromatic heterocycles. The van der Waals surface area contributed by atoms with Crippen LogP contribution in [0.15, 0.2) is 47.4 Å². The van der Waals surface area contributed by atoms with Gasteiger partial charge in [-0.3, -0.25) is 9.59 Å². The van der Waals surface area contributed by atoms with Crippen molar-refractivity contribution in [1.29, 1.82) is 0 Å². The molecule has 0 radical (unpaired) electrons. The molecule has 0 unspecified atom stereocenters. The summed E-state index contributed by atoms with van der Waals surface area (Å²) in [6.45, 7) is -0.336. The predicted molar refractivity (Wildman–Crippen MR) is 101 cm³/mol. The van der Waals surface area contributed by atoms with Crippen LogP contribution >= 0.6 is 11.6 Å². The number of sulfonamides is 1. The zero-order valence-electron chi connectivity index (χ0n) is 14.6. The number of hydrogen-bond donors (Lipinski definition) is 2. The van der Waals surface area contributed by atoms with Crippen LogP contribution in [-0.4, -0.2) is 45.2 Å². The molecule has 144 valence electrons. The fourth-order valence-electron chi connectivity index (χ4n) is 2.02. The van der Waals surface area contributed by atoms with Crippen molar-refractivity contribution in [1.82, 2.24) is 4.31 Å². The maximum Gasteiger partial charge on any atom is 0.262 e. The first kappa shape index (κ1) is 20.7. The lowest BCUT2D eigenvalue weighted by atomic mass is 10.2. The smallest absolute Gasteiger partial charge is 0.262 e. The van der Waals surface area contributed by atoms with Crippen LogP contribution in [0.4, 0.5) is 5.69 Å². The van der Waals surface area contributed by atoms with Gasteiger partial charge in [0.1, 0.15) is 5.75 Å². The number of amides is 2. The number of carbonyl (C=O) groups excluding carboxylic acids is 2. The van der Waals surface area contributed by atoms with Crippen molar-refractivity contribution >= 4 is 39.1 Å². The van der Waals surface area contributed by atoms with Gasteiger partial charge in [0.2, 0.25) is 15.9 Å². The second kappa shape index (κ2) is 8.38. The monoisotopic (exact) mass is 411 g/mol. The maximum atomic E-state index is 12.2. The lowest BCUT2D eigenvalue weighted by Crippen LogP contribution is -2.23. The minimum Gasteiger partial charge on any atom is -0.484 e. The number of halogens is 1. The van der Waals surface area contributed by atoms with E-state index in [0.717, 1.165) is 4.31 Å². The average molecular weight is 412 g/mol. The Balaban J connectivity index is 2.06.